The van der Waals surface area contributed by atoms with E-state index in [0.717, 1.165) is 5.56 Å². The molecule has 3 rings (SSSR count). The van der Waals surface area contributed by atoms with E-state index in [4.69, 9.17) is 9.47 Å². The summed E-state index contributed by atoms with van der Waals surface area (Å²) in [4.78, 5) is 24.2. The fraction of sp³-hybridized carbons (Fsp3) is 0.125. The Kier molecular flexibility index (Phi) is 7.42. The number of phenols is 1. The summed E-state index contributed by atoms with van der Waals surface area (Å²) in [7, 11) is 1.49. The van der Waals surface area contributed by atoms with E-state index in [1.54, 1.807) is 30.3 Å². The van der Waals surface area contributed by atoms with E-state index in [0.29, 0.717) is 22.7 Å². The molecule has 0 aromatic heterocycles. The molecule has 0 bridgehead atoms. The zero-order chi connectivity index (χ0) is 22.9. The van der Waals surface area contributed by atoms with Gasteiger partial charge in [0.25, 0.3) is 11.8 Å². The molecule has 32 heavy (non-hydrogen) atoms. The number of amides is 2. The Morgan fingerprint density at radius 3 is 2.53 bits per heavy atom. The molecule has 0 atom stereocenters. The maximum Gasteiger partial charge on any atom is 0.271 e. The number of carbonyl (C=O) groups is 2. The summed E-state index contributed by atoms with van der Waals surface area (Å²) in [6, 6.07) is 18.4. The first-order valence-electron chi connectivity index (χ1n) is 9.74. The lowest BCUT2D eigenvalue weighted by molar-refractivity contribution is -0.118. The lowest BCUT2D eigenvalue weighted by atomic mass is 10.2. The monoisotopic (exact) mass is 433 g/mol. The van der Waals surface area contributed by atoms with Gasteiger partial charge in [-0.1, -0.05) is 23.8 Å². The minimum atomic E-state index is -0.455. The molecule has 3 aromatic carbocycles. The van der Waals surface area contributed by atoms with E-state index in [-0.39, 0.29) is 23.8 Å². The Hall–Kier alpha value is -4.33. The number of nitrogens with zero attached hydrogens (tertiary/aromatic N) is 1. The number of carbonyl (C=O) groups excluding carboxylic acids is 2. The summed E-state index contributed by atoms with van der Waals surface area (Å²) in [5, 5.41) is 16.1. The van der Waals surface area contributed by atoms with Gasteiger partial charge in [0.15, 0.2) is 18.1 Å². The van der Waals surface area contributed by atoms with Gasteiger partial charge in [-0.05, 0) is 61.0 Å². The van der Waals surface area contributed by atoms with Gasteiger partial charge in [-0.2, -0.15) is 5.10 Å². The summed E-state index contributed by atoms with van der Waals surface area (Å²) in [5.41, 5.74) is 5.11. The Morgan fingerprint density at radius 1 is 1.03 bits per heavy atom. The largest absolute Gasteiger partial charge is 0.508 e. The molecule has 0 saturated heterocycles. The van der Waals surface area contributed by atoms with E-state index in [1.165, 1.54) is 25.5 Å². The van der Waals surface area contributed by atoms with Gasteiger partial charge in [-0.25, -0.2) is 5.43 Å². The van der Waals surface area contributed by atoms with Crippen molar-refractivity contribution in [1.82, 2.24) is 5.43 Å². The molecular weight excluding hydrogens is 410 g/mol. The van der Waals surface area contributed by atoms with Crippen molar-refractivity contribution in [3.05, 3.63) is 83.4 Å². The number of nitrogens with one attached hydrogen (secondary N) is 2. The number of rotatable bonds is 8. The molecule has 0 aliphatic rings. The fourth-order valence-corrected chi connectivity index (χ4v) is 2.74. The van der Waals surface area contributed by atoms with Crippen molar-refractivity contribution >= 4 is 23.7 Å². The van der Waals surface area contributed by atoms with Crippen molar-refractivity contribution in [1.29, 1.82) is 0 Å². The summed E-state index contributed by atoms with van der Waals surface area (Å²) in [5.74, 6) is 0.0539. The number of phenolic OH excluding ortho intramolecular Hbond substituents is 1. The van der Waals surface area contributed by atoms with Crippen LogP contribution in [-0.2, 0) is 4.79 Å². The standard InChI is InChI=1S/C24H23N3O5/c1-16-6-9-19(10-7-16)26-23(29)15-32-21-11-8-17(12-22(21)31-2)14-25-27-24(30)18-4-3-5-20(28)13-18/h3-14,28H,15H2,1-2H3,(H,26,29)(H,27,30)/b25-14-. The van der Waals surface area contributed by atoms with Crippen LogP contribution in [0.1, 0.15) is 21.5 Å². The van der Waals surface area contributed by atoms with Crippen LogP contribution in [0.4, 0.5) is 5.69 Å². The highest BCUT2D eigenvalue weighted by molar-refractivity contribution is 5.95. The topological polar surface area (TPSA) is 109 Å². The van der Waals surface area contributed by atoms with Crippen LogP contribution >= 0.6 is 0 Å². The molecule has 3 N–H and O–H groups in total. The number of hydrogen-bond acceptors (Lipinski definition) is 6. The highest BCUT2D eigenvalue weighted by atomic mass is 16.5. The SMILES string of the molecule is COc1cc(/C=N\NC(=O)c2cccc(O)c2)ccc1OCC(=O)Nc1ccc(C)cc1. The average Bonchev–Trinajstić information content (AvgIpc) is 2.79. The molecule has 2 amide bonds. The Morgan fingerprint density at radius 2 is 1.81 bits per heavy atom. The normalized spacial score (nSPS) is 10.6. The third-order valence-electron chi connectivity index (χ3n) is 4.37. The molecule has 3 aromatic rings. The third kappa shape index (κ3) is 6.33. The lowest BCUT2D eigenvalue weighted by Crippen LogP contribution is -2.20. The van der Waals surface area contributed by atoms with E-state index in [9.17, 15) is 14.7 Å². The first kappa shape index (κ1) is 22.4. The average molecular weight is 433 g/mol. The van der Waals surface area contributed by atoms with Crippen LogP contribution in [0.3, 0.4) is 0 Å². The number of hydrazone groups is 1. The van der Waals surface area contributed by atoms with Gasteiger partial charge in [0, 0.05) is 11.3 Å². The maximum atomic E-state index is 12.1. The molecule has 0 aliphatic heterocycles. The van der Waals surface area contributed by atoms with E-state index >= 15 is 0 Å². The number of aromatic hydroxyl groups is 1. The number of benzene rings is 3. The molecule has 0 radical (unpaired) electrons. The third-order valence-corrected chi connectivity index (χ3v) is 4.37. The zero-order valence-corrected chi connectivity index (χ0v) is 17.7. The minimum Gasteiger partial charge on any atom is -0.508 e. The Labute approximate surface area is 185 Å². The van der Waals surface area contributed by atoms with Gasteiger partial charge in [-0.3, -0.25) is 9.59 Å². The second kappa shape index (κ2) is 10.6. The summed E-state index contributed by atoms with van der Waals surface area (Å²) < 4.78 is 10.9. The Balaban J connectivity index is 1.56. The van der Waals surface area contributed by atoms with E-state index in [1.807, 2.05) is 31.2 Å². The summed E-state index contributed by atoms with van der Waals surface area (Å²) in [6.07, 6.45) is 1.44. The highest BCUT2D eigenvalue weighted by Crippen LogP contribution is 2.27. The maximum absolute atomic E-state index is 12.1. The molecule has 0 fully saturated rings. The number of ether oxygens (including phenoxy) is 2. The fourth-order valence-electron chi connectivity index (χ4n) is 2.74. The second-order valence-electron chi connectivity index (χ2n) is 6.86. The van der Waals surface area contributed by atoms with Crippen molar-refractivity contribution < 1.29 is 24.2 Å². The smallest absolute Gasteiger partial charge is 0.271 e. The first-order chi connectivity index (χ1) is 15.4. The second-order valence-corrected chi connectivity index (χ2v) is 6.86. The molecule has 164 valence electrons. The molecule has 0 unspecified atom stereocenters. The van der Waals surface area contributed by atoms with Crippen molar-refractivity contribution in [3.8, 4) is 17.2 Å². The van der Waals surface area contributed by atoms with Crippen LogP contribution in [0.15, 0.2) is 71.8 Å². The molecule has 0 saturated carbocycles. The quantitative estimate of drug-likeness (QED) is 0.372. The van der Waals surface area contributed by atoms with Crippen LogP contribution in [0.5, 0.6) is 17.2 Å². The molecule has 8 nitrogen and oxygen atoms in total. The summed E-state index contributed by atoms with van der Waals surface area (Å²) in [6.45, 7) is 1.79. The first-order valence-corrected chi connectivity index (χ1v) is 9.74. The minimum absolute atomic E-state index is 0.00509. The zero-order valence-electron chi connectivity index (χ0n) is 17.7. The predicted molar refractivity (Wildman–Crippen MR) is 121 cm³/mol. The van der Waals surface area contributed by atoms with E-state index < -0.39 is 5.91 Å². The number of methoxy groups -OCH3 is 1. The van der Waals surface area contributed by atoms with Crippen LogP contribution in [-0.4, -0.2) is 36.9 Å². The number of anilines is 1. The molecular formula is C24H23N3O5. The van der Waals surface area contributed by atoms with Gasteiger partial charge in [0.05, 0.1) is 13.3 Å². The van der Waals surface area contributed by atoms with Gasteiger partial charge in [0.1, 0.15) is 5.75 Å². The highest BCUT2D eigenvalue weighted by Gasteiger charge is 2.09. The van der Waals surface area contributed by atoms with Crippen molar-refractivity contribution in [2.75, 3.05) is 19.0 Å². The van der Waals surface area contributed by atoms with Crippen LogP contribution < -0.4 is 20.2 Å². The van der Waals surface area contributed by atoms with Crippen molar-refractivity contribution in [3.63, 3.8) is 0 Å². The van der Waals surface area contributed by atoms with Gasteiger partial charge in [-0.15, -0.1) is 0 Å². The lowest BCUT2D eigenvalue weighted by Gasteiger charge is -2.11. The number of hydrogen-bond donors (Lipinski definition) is 3. The van der Waals surface area contributed by atoms with Gasteiger partial charge >= 0.3 is 0 Å². The van der Waals surface area contributed by atoms with Crippen LogP contribution in [0, 0.1) is 6.92 Å². The van der Waals surface area contributed by atoms with Gasteiger partial charge < -0.3 is 19.9 Å². The molecule has 0 heterocycles. The van der Waals surface area contributed by atoms with Crippen LogP contribution in [0.25, 0.3) is 0 Å². The van der Waals surface area contributed by atoms with Crippen LogP contribution in [0.2, 0.25) is 0 Å². The van der Waals surface area contributed by atoms with Crippen molar-refractivity contribution in [2.24, 2.45) is 5.10 Å². The van der Waals surface area contributed by atoms with Crippen molar-refractivity contribution in [2.45, 2.75) is 6.92 Å². The van der Waals surface area contributed by atoms with Gasteiger partial charge in [0.2, 0.25) is 0 Å². The Bertz CT molecular complexity index is 1130. The molecule has 0 aliphatic carbocycles. The molecule has 0 spiro atoms. The molecule has 8 heteroatoms. The number of aryl methyl sites for hydroxylation is 1. The summed E-state index contributed by atoms with van der Waals surface area (Å²) >= 11 is 0. The van der Waals surface area contributed by atoms with E-state index in [2.05, 4.69) is 15.8 Å². The predicted octanol–water partition coefficient (Wildman–Crippen LogP) is 3.49.